The van der Waals surface area contributed by atoms with Crippen LogP contribution < -0.4 is 15.2 Å². The van der Waals surface area contributed by atoms with Crippen molar-refractivity contribution in [2.24, 2.45) is 5.73 Å². The van der Waals surface area contributed by atoms with Gasteiger partial charge in [0.2, 0.25) is 10.0 Å². The maximum Gasteiger partial charge on any atom is 0.240 e. The Morgan fingerprint density at radius 1 is 1.15 bits per heavy atom. The molecule has 10 nitrogen and oxygen atoms in total. The lowest BCUT2D eigenvalue weighted by atomic mass is 10.0. The van der Waals surface area contributed by atoms with Gasteiger partial charge in [-0.15, -0.1) is 0 Å². The summed E-state index contributed by atoms with van der Waals surface area (Å²) in [4.78, 5) is 8.62. The van der Waals surface area contributed by atoms with Gasteiger partial charge in [0.1, 0.15) is 11.9 Å². The van der Waals surface area contributed by atoms with Crippen LogP contribution in [0.25, 0.3) is 4.85 Å². The van der Waals surface area contributed by atoms with Crippen LogP contribution in [0.5, 0.6) is 5.75 Å². The van der Waals surface area contributed by atoms with Gasteiger partial charge in [-0.05, 0) is 87.4 Å². The van der Waals surface area contributed by atoms with Gasteiger partial charge in [0.25, 0.3) is 0 Å². The van der Waals surface area contributed by atoms with E-state index in [2.05, 4.69) is 33.5 Å². The fourth-order valence-electron chi connectivity index (χ4n) is 5.49. The summed E-state index contributed by atoms with van der Waals surface area (Å²) in [6, 6.07) is 10.5. The summed E-state index contributed by atoms with van der Waals surface area (Å²) in [5, 5.41) is 0.508. The molecule has 0 saturated carbocycles. The van der Waals surface area contributed by atoms with Gasteiger partial charge in [0.05, 0.1) is 43.9 Å². The van der Waals surface area contributed by atoms with Crippen molar-refractivity contribution in [3.8, 4) is 5.75 Å². The Morgan fingerprint density at radius 2 is 1.88 bits per heavy atom. The summed E-state index contributed by atoms with van der Waals surface area (Å²) in [6.07, 6.45) is 2.60. The number of ether oxygens (including phenoxy) is 3. The first-order valence-electron chi connectivity index (χ1n) is 14.0. The van der Waals surface area contributed by atoms with Gasteiger partial charge in [0, 0.05) is 30.7 Å². The molecule has 2 aromatic rings. The zero-order valence-corrected chi connectivity index (χ0v) is 25.3. The minimum Gasteiger partial charge on any atom is -0.484 e. The molecule has 12 heteroatoms. The summed E-state index contributed by atoms with van der Waals surface area (Å²) >= 11 is 6.42. The third-order valence-electron chi connectivity index (χ3n) is 7.61. The van der Waals surface area contributed by atoms with E-state index < -0.39 is 10.0 Å². The largest absolute Gasteiger partial charge is 0.484 e. The van der Waals surface area contributed by atoms with Crippen molar-refractivity contribution in [2.45, 2.75) is 42.3 Å². The van der Waals surface area contributed by atoms with E-state index in [0.29, 0.717) is 55.3 Å². The van der Waals surface area contributed by atoms with Crippen molar-refractivity contribution >= 4 is 27.3 Å². The van der Waals surface area contributed by atoms with Crippen molar-refractivity contribution in [1.82, 2.24) is 14.5 Å². The molecule has 1 aliphatic heterocycles. The van der Waals surface area contributed by atoms with Crippen LogP contribution in [0.2, 0.25) is 5.02 Å². The molecule has 3 atom stereocenters. The highest BCUT2D eigenvalue weighted by atomic mass is 35.5. The molecule has 1 saturated heterocycles. The Labute approximate surface area is 248 Å². The number of likely N-dealkylation sites (tertiary alicyclic amines) is 1. The van der Waals surface area contributed by atoms with Crippen LogP contribution in [0.3, 0.4) is 0 Å². The summed E-state index contributed by atoms with van der Waals surface area (Å²) in [5.41, 5.74) is 7.82. The molecule has 2 aromatic carbocycles. The van der Waals surface area contributed by atoms with Crippen LogP contribution in [-0.4, -0.2) is 97.0 Å². The Balaban J connectivity index is 1.45. The average Bonchev–Trinajstić information content (AvgIpc) is 3.32. The Kier molecular flexibility index (Phi) is 11.4. The first-order valence-corrected chi connectivity index (χ1v) is 15.8. The lowest BCUT2D eigenvalue weighted by molar-refractivity contribution is 0.0380. The van der Waals surface area contributed by atoms with E-state index in [9.17, 15) is 8.42 Å². The van der Waals surface area contributed by atoms with Gasteiger partial charge >= 0.3 is 0 Å². The number of halogens is 1. The Hall–Kier alpha value is -2.27. The van der Waals surface area contributed by atoms with Gasteiger partial charge < -0.3 is 24.8 Å². The number of benzene rings is 2. The molecule has 2 aliphatic rings. The number of nitrogens with two attached hydrogens (primary N) is 1. The molecule has 224 valence electrons. The zero-order valence-electron chi connectivity index (χ0n) is 23.7. The predicted octanol–water partition coefficient (Wildman–Crippen LogP) is 3.23. The number of hydrogen-bond acceptors (Lipinski definition) is 8. The number of fused-ring (bicyclic) bond motifs is 1. The van der Waals surface area contributed by atoms with Gasteiger partial charge in [0.15, 0.2) is 5.69 Å². The monoisotopic (exact) mass is 605 g/mol. The second-order valence-corrected chi connectivity index (χ2v) is 12.8. The van der Waals surface area contributed by atoms with Crippen LogP contribution in [0.1, 0.15) is 30.1 Å². The maximum absolute atomic E-state index is 12.8. The smallest absolute Gasteiger partial charge is 0.240 e. The van der Waals surface area contributed by atoms with E-state index in [4.69, 9.17) is 38.1 Å². The molecule has 0 aromatic heterocycles. The van der Waals surface area contributed by atoms with E-state index in [1.54, 1.807) is 18.2 Å². The van der Waals surface area contributed by atoms with Gasteiger partial charge in [-0.3, -0.25) is 4.90 Å². The Bertz CT molecular complexity index is 1300. The molecular weight excluding hydrogens is 566 g/mol. The number of hydrogen-bond donors (Lipinski definition) is 2. The predicted molar refractivity (Wildman–Crippen MR) is 159 cm³/mol. The topological polar surface area (TPSA) is 111 Å². The van der Waals surface area contributed by atoms with E-state index >= 15 is 0 Å². The van der Waals surface area contributed by atoms with Crippen molar-refractivity contribution in [1.29, 1.82) is 0 Å². The number of piperidine rings is 1. The highest BCUT2D eigenvalue weighted by molar-refractivity contribution is 7.89. The summed E-state index contributed by atoms with van der Waals surface area (Å²) in [7, 11) is 0.514. The minimum atomic E-state index is -3.71. The van der Waals surface area contributed by atoms with Crippen molar-refractivity contribution in [2.75, 3.05) is 66.7 Å². The molecule has 41 heavy (non-hydrogen) atoms. The molecular formula is C29H40ClN5O5S. The van der Waals surface area contributed by atoms with E-state index in [1.165, 1.54) is 12.1 Å². The molecule has 0 unspecified atom stereocenters. The van der Waals surface area contributed by atoms with Crippen LogP contribution in [0.15, 0.2) is 41.3 Å². The molecule has 0 spiro atoms. The van der Waals surface area contributed by atoms with E-state index in [-0.39, 0.29) is 30.2 Å². The molecule has 4 rings (SSSR count). The minimum absolute atomic E-state index is 0.0394. The summed E-state index contributed by atoms with van der Waals surface area (Å²) < 4.78 is 45.3. The van der Waals surface area contributed by atoms with Crippen LogP contribution in [-0.2, 0) is 25.9 Å². The highest BCUT2D eigenvalue weighted by Crippen LogP contribution is 2.44. The second-order valence-electron chi connectivity index (χ2n) is 10.6. The molecule has 1 heterocycles. The zero-order chi connectivity index (χ0) is 29.4. The number of sulfonamides is 1. The fourth-order valence-corrected chi connectivity index (χ4v) is 6.73. The van der Waals surface area contributed by atoms with Crippen LogP contribution in [0, 0.1) is 6.57 Å². The van der Waals surface area contributed by atoms with E-state index in [0.717, 1.165) is 37.1 Å². The molecule has 1 aliphatic carbocycles. The first kappa shape index (κ1) is 31.7. The highest BCUT2D eigenvalue weighted by Gasteiger charge is 2.41. The standard InChI is InChI=1S/C29H40ClN5O5S/c1-32-27-18-21(30)17-26-25(27)19-28(35-12-4-5-22(20-35)34(2)3)29(26)40-23-6-8-24(9-7-23)41(36,37)33-11-14-39-16-15-38-13-10-31/h6-9,17-18,22,28-29,33H,4-5,10-16,19-20,31H2,2-3H3/t22-,28+,29+/m1/s1. The fraction of sp³-hybridized carbons (Fsp3) is 0.552. The number of rotatable bonds is 14. The normalized spacial score (nSPS) is 21.1. The van der Waals surface area contributed by atoms with Crippen LogP contribution in [0.4, 0.5) is 5.69 Å². The summed E-state index contributed by atoms with van der Waals surface area (Å²) in [5.74, 6) is 0.554. The first-order chi connectivity index (χ1) is 19.7. The maximum atomic E-state index is 12.8. The average molecular weight is 606 g/mol. The molecule has 0 bridgehead atoms. The van der Waals surface area contributed by atoms with Gasteiger partial charge in [-0.1, -0.05) is 11.6 Å². The van der Waals surface area contributed by atoms with Gasteiger partial charge in [-0.2, -0.15) is 0 Å². The number of nitrogens with zero attached hydrogens (tertiary/aromatic N) is 3. The number of nitrogens with one attached hydrogen (secondary N) is 1. The third-order valence-corrected chi connectivity index (χ3v) is 9.31. The third kappa shape index (κ3) is 8.18. The van der Waals surface area contributed by atoms with Crippen molar-refractivity contribution < 1.29 is 22.6 Å². The van der Waals surface area contributed by atoms with Crippen LogP contribution >= 0.6 is 11.6 Å². The van der Waals surface area contributed by atoms with Gasteiger partial charge in [-0.25, -0.2) is 18.0 Å². The number of likely N-dealkylation sites (N-methyl/N-ethyl adjacent to an activating group) is 1. The van der Waals surface area contributed by atoms with E-state index in [1.807, 2.05) is 6.07 Å². The quantitative estimate of drug-likeness (QED) is 0.249. The SMILES string of the molecule is [C-]#[N+]c1cc(Cl)cc2c1C[C@H](N1CCC[C@@H](N(C)C)C1)[C@H]2Oc1ccc(S(=O)(=O)NCCOCCOCCN)cc1. The molecule has 1 fully saturated rings. The second kappa shape index (κ2) is 14.8. The Morgan fingerprint density at radius 3 is 2.56 bits per heavy atom. The van der Waals surface area contributed by atoms with Crippen molar-refractivity contribution in [3.63, 3.8) is 0 Å². The van der Waals surface area contributed by atoms with Crippen molar-refractivity contribution in [3.05, 3.63) is 64.0 Å². The lowest BCUT2D eigenvalue weighted by Crippen LogP contribution is -2.51. The lowest BCUT2D eigenvalue weighted by Gasteiger charge is -2.41. The molecule has 0 radical (unpaired) electrons. The molecule has 0 amide bonds. The molecule has 3 N–H and O–H groups in total. The summed E-state index contributed by atoms with van der Waals surface area (Å²) in [6.45, 7) is 11.7.